The van der Waals surface area contributed by atoms with Crippen LogP contribution in [0.2, 0.25) is 0 Å². The van der Waals surface area contributed by atoms with Gasteiger partial charge in [0.2, 0.25) is 0 Å². The van der Waals surface area contributed by atoms with E-state index in [2.05, 4.69) is 10.4 Å². The number of hydrogen-bond donors (Lipinski definition) is 1. The van der Waals surface area contributed by atoms with Crippen molar-refractivity contribution in [2.24, 2.45) is 0 Å². The van der Waals surface area contributed by atoms with Crippen LogP contribution in [0.4, 0.5) is 10.5 Å². The molecule has 0 saturated heterocycles. The molecule has 0 spiro atoms. The van der Waals surface area contributed by atoms with Crippen molar-refractivity contribution in [2.45, 2.75) is 20.8 Å². The van der Waals surface area contributed by atoms with E-state index >= 15 is 0 Å². The van der Waals surface area contributed by atoms with Gasteiger partial charge in [-0.05, 0) is 44.5 Å². The van der Waals surface area contributed by atoms with Crippen molar-refractivity contribution in [3.05, 3.63) is 59.3 Å². The Morgan fingerprint density at radius 2 is 1.76 bits per heavy atom. The van der Waals surface area contributed by atoms with Gasteiger partial charge in [0.15, 0.2) is 0 Å². The molecule has 4 nitrogen and oxygen atoms in total. The molecule has 0 bridgehead atoms. The number of rotatable bonds is 1. The summed E-state index contributed by atoms with van der Waals surface area (Å²) in [5.41, 5.74) is 4.97. The molecule has 0 saturated carbocycles. The van der Waals surface area contributed by atoms with Gasteiger partial charge in [-0.3, -0.25) is 0 Å². The average molecular weight is 279 g/mol. The van der Waals surface area contributed by atoms with E-state index in [4.69, 9.17) is 0 Å². The van der Waals surface area contributed by atoms with Gasteiger partial charge in [-0.25, -0.2) is 4.79 Å². The summed E-state index contributed by atoms with van der Waals surface area (Å²) in [6.07, 6.45) is 1.71. The van der Waals surface area contributed by atoms with Gasteiger partial charge >= 0.3 is 6.03 Å². The molecule has 0 radical (unpaired) electrons. The fourth-order valence-corrected chi connectivity index (χ4v) is 2.44. The van der Waals surface area contributed by atoms with Crippen LogP contribution in [0.3, 0.4) is 0 Å². The first-order valence-electron chi connectivity index (χ1n) is 6.87. The van der Waals surface area contributed by atoms with Crippen molar-refractivity contribution in [3.63, 3.8) is 0 Å². The number of benzene rings is 2. The quantitative estimate of drug-likeness (QED) is 0.730. The Morgan fingerprint density at radius 1 is 1.05 bits per heavy atom. The van der Waals surface area contributed by atoms with Crippen LogP contribution in [0.5, 0.6) is 0 Å². The summed E-state index contributed by atoms with van der Waals surface area (Å²) in [6.45, 7) is 6.03. The van der Waals surface area contributed by atoms with Crippen LogP contribution in [0.25, 0.3) is 10.9 Å². The van der Waals surface area contributed by atoms with Crippen molar-refractivity contribution in [2.75, 3.05) is 5.32 Å². The minimum atomic E-state index is -0.249. The van der Waals surface area contributed by atoms with Crippen molar-refractivity contribution in [1.82, 2.24) is 9.78 Å². The number of nitrogens with zero attached hydrogens (tertiary/aromatic N) is 2. The summed E-state index contributed by atoms with van der Waals surface area (Å²) >= 11 is 0. The van der Waals surface area contributed by atoms with Crippen molar-refractivity contribution < 1.29 is 4.79 Å². The van der Waals surface area contributed by atoms with Gasteiger partial charge in [0.1, 0.15) is 0 Å². The van der Waals surface area contributed by atoms with E-state index in [1.54, 1.807) is 6.20 Å². The Hall–Kier alpha value is -2.62. The Morgan fingerprint density at radius 3 is 2.52 bits per heavy atom. The first-order chi connectivity index (χ1) is 10.0. The number of anilines is 1. The van der Waals surface area contributed by atoms with Crippen LogP contribution < -0.4 is 5.32 Å². The Bertz CT molecular complexity index is 833. The van der Waals surface area contributed by atoms with E-state index in [0.717, 1.165) is 27.7 Å². The number of nitrogens with one attached hydrogen (secondary N) is 1. The summed E-state index contributed by atoms with van der Waals surface area (Å²) in [5, 5.41) is 8.06. The van der Waals surface area contributed by atoms with Crippen molar-refractivity contribution in [1.29, 1.82) is 0 Å². The third-order valence-corrected chi connectivity index (χ3v) is 3.54. The predicted octanol–water partition coefficient (Wildman–Crippen LogP) is 4.04. The van der Waals surface area contributed by atoms with Gasteiger partial charge in [0.05, 0.1) is 11.7 Å². The third-order valence-electron chi connectivity index (χ3n) is 3.54. The number of carbonyl (C=O) groups excluding carboxylic acids is 1. The average Bonchev–Trinajstić information content (AvgIpc) is 2.84. The standard InChI is InChI=1S/C17H17N3O/c1-11-4-6-15(13(3)8-11)19-17(21)20-16-7-5-12(2)9-14(16)10-18-20/h4-10H,1-3H3,(H,19,21). The molecule has 1 amide bonds. The number of fused-ring (bicyclic) bond motifs is 1. The van der Waals surface area contributed by atoms with E-state index in [1.165, 1.54) is 10.2 Å². The van der Waals surface area contributed by atoms with Crippen LogP contribution in [-0.4, -0.2) is 15.8 Å². The van der Waals surface area contributed by atoms with Crippen LogP contribution in [-0.2, 0) is 0 Å². The number of aryl methyl sites for hydroxylation is 3. The number of hydrogen-bond acceptors (Lipinski definition) is 2. The molecule has 3 rings (SSSR count). The molecule has 0 atom stereocenters. The Balaban J connectivity index is 1.94. The maximum Gasteiger partial charge on any atom is 0.347 e. The molecular weight excluding hydrogens is 262 g/mol. The van der Waals surface area contributed by atoms with E-state index in [1.807, 2.05) is 57.2 Å². The topological polar surface area (TPSA) is 46.9 Å². The highest BCUT2D eigenvalue weighted by Gasteiger charge is 2.11. The normalized spacial score (nSPS) is 10.8. The maximum atomic E-state index is 12.4. The molecule has 0 aliphatic heterocycles. The first-order valence-corrected chi connectivity index (χ1v) is 6.87. The maximum absolute atomic E-state index is 12.4. The summed E-state index contributed by atoms with van der Waals surface area (Å²) in [6, 6.07) is 11.6. The molecule has 1 N–H and O–H groups in total. The molecule has 0 fully saturated rings. The Kier molecular flexibility index (Phi) is 3.22. The van der Waals surface area contributed by atoms with E-state index in [9.17, 15) is 4.79 Å². The van der Waals surface area contributed by atoms with Gasteiger partial charge in [-0.2, -0.15) is 9.78 Å². The molecule has 21 heavy (non-hydrogen) atoms. The highest BCUT2D eigenvalue weighted by atomic mass is 16.2. The van der Waals surface area contributed by atoms with E-state index in [0.29, 0.717) is 0 Å². The highest BCUT2D eigenvalue weighted by Crippen LogP contribution is 2.18. The number of aromatic nitrogens is 2. The lowest BCUT2D eigenvalue weighted by atomic mass is 10.1. The second-order valence-corrected chi connectivity index (χ2v) is 5.37. The lowest BCUT2D eigenvalue weighted by molar-refractivity contribution is 0.252. The second kappa shape index (κ2) is 5.05. The number of amides is 1. The van der Waals surface area contributed by atoms with Crippen LogP contribution >= 0.6 is 0 Å². The van der Waals surface area contributed by atoms with Gasteiger partial charge in [-0.1, -0.05) is 29.3 Å². The van der Waals surface area contributed by atoms with E-state index < -0.39 is 0 Å². The summed E-state index contributed by atoms with van der Waals surface area (Å²) in [7, 11) is 0. The highest BCUT2D eigenvalue weighted by molar-refractivity contribution is 5.97. The smallest absolute Gasteiger partial charge is 0.306 e. The molecule has 2 aromatic carbocycles. The van der Waals surface area contributed by atoms with Crippen LogP contribution in [0.1, 0.15) is 16.7 Å². The first kappa shape index (κ1) is 13.4. The third kappa shape index (κ3) is 2.52. The molecule has 3 aromatic rings. The van der Waals surface area contributed by atoms with Gasteiger partial charge in [0, 0.05) is 11.1 Å². The van der Waals surface area contributed by atoms with Crippen LogP contribution in [0.15, 0.2) is 42.6 Å². The summed E-state index contributed by atoms with van der Waals surface area (Å²) < 4.78 is 1.40. The molecule has 0 unspecified atom stereocenters. The zero-order chi connectivity index (χ0) is 15.0. The molecule has 1 heterocycles. The van der Waals surface area contributed by atoms with Crippen LogP contribution in [0, 0.1) is 20.8 Å². The number of carbonyl (C=O) groups is 1. The SMILES string of the molecule is Cc1ccc(NC(=O)n2ncc3cc(C)ccc32)c(C)c1. The molecule has 0 aliphatic carbocycles. The Labute approximate surface area is 123 Å². The predicted molar refractivity (Wildman–Crippen MR) is 84.8 cm³/mol. The minimum Gasteiger partial charge on any atom is -0.306 e. The molecule has 4 heteroatoms. The van der Waals surface area contributed by atoms with Crippen molar-refractivity contribution in [3.8, 4) is 0 Å². The van der Waals surface area contributed by atoms with Crippen molar-refractivity contribution >= 4 is 22.6 Å². The zero-order valence-corrected chi connectivity index (χ0v) is 12.3. The fraction of sp³-hybridized carbons (Fsp3) is 0.176. The summed E-state index contributed by atoms with van der Waals surface area (Å²) in [5.74, 6) is 0. The molecule has 106 valence electrons. The molecular formula is C17H17N3O. The van der Waals surface area contributed by atoms with Gasteiger partial charge in [-0.15, -0.1) is 0 Å². The monoisotopic (exact) mass is 279 g/mol. The molecule has 1 aromatic heterocycles. The zero-order valence-electron chi connectivity index (χ0n) is 12.3. The van der Waals surface area contributed by atoms with Gasteiger partial charge < -0.3 is 5.32 Å². The summed E-state index contributed by atoms with van der Waals surface area (Å²) in [4.78, 5) is 12.4. The second-order valence-electron chi connectivity index (χ2n) is 5.37. The van der Waals surface area contributed by atoms with Gasteiger partial charge in [0.25, 0.3) is 0 Å². The molecule has 0 aliphatic rings. The lowest BCUT2D eigenvalue weighted by Gasteiger charge is -2.09. The minimum absolute atomic E-state index is 0.249. The van der Waals surface area contributed by atoms with E-state index in [-0.39, 0.29) is 6.03 Å². The fourth-order valence-electron chi connectivity index (χ4n) is 2.44. The largest absolute Gasteiger partial charge is 0.347 e. The lowest BCUT2D eigenvalue weighted by Crippen LogP contribution is -2.21.